The van der Waals surface area contributed by atoms with Gasteiger partial charge in [0.25, 0.3) is 5.56 Å². The molecule has 27 heavy (non-hydrogen) atoms. The number of thiophene rings is 1. The molecule has 3 aromatic rings. The summed E-state index contributed by atoms with van der Waals surface area (Å²) in [6.45, 7) is 5.09. The van der Waals surface area contributed by atoms with Crippen LogP contribution in [0.3, 0.4) is 0 Å². The molecule has 0 aliphatic heterocycles. The first-order valence-corrected chi connectivity index (χ1v) is 9.84. The summed E-state index contributed by atoms with van der Waals surface area (Å²) in [4.78, 5) is 20.0. The van der Waals surface area contributed by atoms with Gasteiger partial charge in [-0.05, 0) is 25.8 Å². The maximum absolute atomic E-state index is 13.4. The first-order chi connectivity index (χ1) is 13.1. The van der Waals surface area contributed by atoms with E-state index in [0.717, 1.165) is 26.7 Å². The van der Waals surface area contributed by atoms with Crippen molar-refractivity contribution < 1.29 is 4.74 Å². The third kappa shape index (κ3) is 3.95. The van der Waals surface area contributed by atoms with Gasteiger partial charge in [0.05, 0.1) is 18.1 Å². The summed E-state index contributed by atoms with van der Waals surface area (Å²) < 4.78 is 6.91. The molecule has 0 spiro atoms. The SMILES string of the molecule is COCCc1nc2sc(C)c(-c3ccc(C)cc3)c2c(=O)n1CCCC#N. The lowest BCUT2D eigenvalue weighted by Gasteiger charge is -2.12. The van der Waals surface area contributed by atoms with Crippen molar-refractivity contribution in [3.8, 4) is 17.2 Å². The van der Waals surface area contributed by atoms with Crippen LogP contribution >= 0.6 is 11.3 Å². The van der Waals surface area contributed by atoms with E-state index in [-0.39, 0.29) is 5.56 Å². The molecule has 0 unspecified atom stereocenters. The fourth-order valence-corrected chi connectivity index (χ4v) is 4.29. The summed E-state index contributed by atoms with van der Waals surface area (Å²) in [7, 11) is 1.64. The zero-order chi connectivity index (χ0) is 19.4. The minimum Gasteiger partial charge on any atom is -0.384 e. The molecule has 0 atom stereocenters. The lowest BCUT2D eigenvalue weighted by molar-refractivity contribution is 0.199. The molecule has 3 rings (SSSR count). The largest absolute Gasteiger partial charge is 0.384 e. The molecule has 5 nitrogen and oxygen atoms in total. The van der Waals surface area contributed by atoms with Crippen LogP contribution in [-0.4, -0.2) is 23.3 Å². The van der Waals surface area contributed by atoms with Gasteiger partial charge >= 0.3 is 0 Å². The van der Waals surface area contributed by atoms with Crippen molar-refractivity contribution in [2.45, 2.75) is 39.7 Å². The maximum Gasteiger partial charge on any atom is 0.262 e. The van der Waals surface area contributed by atoms with Gasteiger partial charge in [-0.1, -0.05) is 29.8 Å². The fourth-order valence-electron chi connectivity index (χ4n) is 3.24. The Morgan fingerprint density at radius 2 is 2.00 bits per heavy atom. The van der Waals surface area contributed by atoms with E-state index in [0.29, 0.717) is 37.8 Å². The number of ether oxygens (including phenoxy) is 1. The van der Waals surface area contributed by atoms with Crippen LogP contribution < -0.4 is 5.56 Å². The van der Waals surface area contributed by atoms with Gasteiger partial charge in [-0.15, -0.1) is 11.3 Å². The van der Waals surface area contributed by atoms with Crippen LogP contribution in [0.5, 0.6) is 0 Å². The molecule has 2 heterocycles. The Balaban J connectivity index is 2.20. The number of hydrogen-bond acceptors (Lipinski definition) is 5. The third-order valence-electron chi connectivity index (χ3n) is 4.61. The second kappa shape index (κ2) is 8.47. The summed E-state index contributed by atoms with van der Waals surface area (Å²) >= 11 is 1.56. The Hall–Kier alpha value is -2.49. The van der Waals surface area contributed by atoms with Crippen molar-refractivity contribution in [3.63, 3.8) is 0 Å². The summed E-state index contributed by atoms with van der Waals surface area (Å²) in [6, 6.07) is 10.4. The van der Waals surface area contributed by atoms with Gasteiger partial charge in [0.2, 0.25) is 0 Å². The normalized spacial score (nSPS) is 11.0. The number of methoxy groups -OCH3 is 1. The predicted molar refractivity (Wildman–Crippen MR) is 109 cm³/mol. The molecular formula is C21H23N3O2S. The van der Waals surface area contributed by atoms with E-state index in [1.165, 1.54) is 5.56 Å². The van der Waals surface area contributed by atoms with Gasteiger partial charge in [0.1, 0.15) is 10.7 Å². The number of aryl methyl sites for hydroxylation is 2. The van der Waals surface area contributed by atoms with Gasteiger partial charge in [0.15, 0.2) is 0 Å². The highest BCUT2D eigenvalue weighted by Crippen LogP contribution is 2.35. The lowest BCUT2D eigenvalue weighted by atomic mass is 10.0. The standard InChI is InChI=1S/C21H23N3O2S/c1-14-6-8-16(9-7-14)18-15(2)27-20-19(18)21(25)24(12-5-4-11-22)17(23-20)10-13-26-3/h6-9H,4-5,10,12-13H2,1-3H3. The summed E-state index contributed by atoms with van der Waals surface area (Å²) in [6.07, 6.45) is 1.62. The Bertz CT molecular complexity index is 1040. The third-order valence-corrected chi connectivity index (χ3v) is 5.61. The second-order valence-corrected chi connectivity index (χ2v) is 7.77. The van der Waals surface area contributed by atoms with Crippen LogP contribution in [0.15, 0.2) is 29.1 Å². The molecule has 6 heteroatoms. The van der Waals surface area contributed by atoms with E-state index in [9.17, 15) is 4.79 Å². The highest BCUT2D eigenvalue weighted by molar-refractivity contribution is 7.19. The van der Waals surface area contributed by atoms with Gasteiger partial charge < -0.3 is 4.74 Å². The van der Waals surface area contributed by atoms with E-state index >= 15 is 0 Å². The number of nitrogens with zero attached hydrogens (tertiary/aromatic N) is 3. The molecule has 0 saturated carbocycles. The highest BCUT2D eigenvalue weighted by atomic mass is 32.1. The number of hydrogen-bond donors (Lipinski definition) is 0. The van der Waals surface area contributed by atoms with Crippen molar-refractivity contribution in [2.24, 2.45) is 0 Å². The average Bonchev–Trinajstić information content (AvgIpc) is 2.99. The van der Waals surface area contributed by atoms with Crippen LogP contribution in [0, 0.1) is 25.2 Å². The van der Waals surface area contributed by atoms with Crippen molar-refractivity contribution in [2.75, 3.05) is 13.7 Å². The summed E-state index contributed by atoms with van der Waals surface area (Å²) in [5.41, 5.74) is 3.17. The molecule has 0 fully saturated rings. The monoisotopic (exact) mass is 381 g/mol. The number of unbranched alkanes of at least 4 members (excludes halogenated alkanes) is 1. The minimum atomic E-state index is -0.0241. The van der Waals surface area contributed by atoms with E-state index in [4.69, 9.17) is 15.0 Å². The van der Waals surface area contributed by atoms with E-state index < -0.39 is 0 Å². The molecule has 2 aromatic heterocycles. The second-order valence-electron chi connectivity index (χ2n) is 6.57. The molecule has 140 valence electrons. The topological polar surface area (TPSA) is 67.9 Å². The predicted octanol–water partition coefficient (Wildman–Crippen LogP) is 4.23. The molecule has 0 bridgehead atoms. The number of benzene rings is 1. The van der Waals surface area contributed by atoms with Crippen LogP contribution in [0.4, 0.5) is 0 Å². The van der Waals surface area contributed by atoms with Gasteiger partial charge in [-0.25, -0.2) is 4.98 Å². The van der Waals surface area contributed by atoms with Crippen molar-refractivity contribution >= 4 is 21.6 Å². The van der Waals surface area contributed by atoms with Gasteiger partial charge in [-0.2, -0.15) is 5.26 Å². The molecule has 0 amide bonds. The molecule has 0 aliphatic carbocycles. The Morgan fingerprint density at radius 3 is 2.67 bits per heavy atom. The Morgan fingerprint density at radius 1 is 1.26 bits per heavy atom. The lowest BCUT2D eigenvalue weighted by Crippen LogP contribution is -2.26. The smallest absolute Gasteiger partial charge is 0.262 e. The van der Waals surface area contributed by atoms with E-state index in [2.05, 4.69) is 30.3 Å². The van der Waals surface area contributed by atoms with Crippen LogP contribution in [0.2, 0.25) is 0 Å². The first kappa shape index (κ1) is 19.3. The molecular weight excluding hydrogens is 358 g/mol. The fraction of sp³-hybridized carbons (Fsp3) is 0.381. The van der Waals surface area contributed by atoms with E-state index in [1.807, 2.05) is 13.8 Å². The molecule has 0 N–H and O–H groups in total. The average molecular weight is 382 g/mol. The molecule has 0 aliphatic rings. The molecule has 0 saturated heterocycles. The van der Waals surface area contributed by atoms with Gasteiger partial charge in [0, 0.05) is 36.9 Å². The minimum absolute atomic E-state index is 0.0241. The Labute approximate surface area is 162 Å². The van der Waals surface area contributed by atoms with Crippen molar-refractivity contribution in [3.05, 3.63) is 50.9 Å². The van der Waals surface area contributed by atoms with Crippen LogP contribution in [-0.2, 0) is 17.7 Å². The number of nitriles is 1. The van der Waals surface area contributed by atoms with Crippen molar-refractivity contribution in [1.29, 1.82) is 5.26 Å². The number of aromatic nitrogens is 2. The highest BCUT2D eigenvalue weighted by Gasteiger charge is 2.19. The van der Waals surface area contributed by atoms with E-state index in [1.54, 1.807) is 23.0 Å². The molecule has 0 radical (unpaired) electrons. The number of rotatable bonds is 7. The number of fused-ring (bicyclic) bond motifs is 1. The zero-order valence-corrected chi connectivity index (χ0v) is 16.7. The summed E-state index contributed by atoms with van der Waals surface area (Å²) in [5.74, 6) is 0.726. The van der Waals surface area contributed by atoms with Crippen LogP contribution in [0.1, 0.15) is 29.1 Å². The van der Waals surface area contributed by atoms with Crippen molar-refractivity contribution in [1.82, 2.24) is 9.55 Å². The maximum atomic E-state index is 13.4. The quantitative estimate of drug-likeness (QED) is 0.574. The van der Waals surface area contributed by atoms with Gasteiger partial charge in [-0.3, -0.25) is 9.36 Å². The molecule has 1 aromatic carbocycles. The zero-order valence-electron chi connectivity index (χ0n) is 15.9. The first-order valence-electron chi connectivity index (χ1n) is 9.02. The summed E-state index contributed by atoms with van der Waals surface area (Å²) in [5, 5.41) is 9.52. The van der Waals surface area contributed by atoms with Crippen LogP contribution in [0.25, 0.3) is 21.3 Å². The Kier molecular flexibility index (Phi) is 6.04.